The normalized spacial score (nSPS) is 27.7. The summed E-state index contributed by atoms with van der Waals surface area (Å²) in [7, 11) is -0.243. The van der Waals surface area contributed by atoms with E-state index in [0.29, 0.717) is 5.92 Å². The van der Waals surface area contributed by atoms with Crippen LogP contribution in [0.5, 0.6) is 0 Å². The summed E-state index contributed by atoms with van der Waals surface area (Å²) in [5.41, 5.74) is 1.02. The molecule has 1 aromatic carbocycles. The van der Waals surface area contributed by atoms with E-state index in [1.165, 1.54) is 15.6 Å². The van der Waals surface area contributed by atoms with E-state index in [0.717, 1.165) is 31.2 Å². The molecule has 132 valence electrons. The van der Waals surface area contributed by atoms with Crippen LogP contribution in [0.1, 0.15) is 37.7 Å². The number of sulfonamides is 1. The van der Waals surface area contributed by atoms with Crippen molar-refractivity contribution in [2.75, 3.05) is 14.1 Å². The molecule has 2 fully saturated rings. The van der Waals surface area contributed by atoms with Crippen LogP contribution in [-0.4, -0.2) is 49.7 Å². The molecule has 0 N–H and O–H groups in total. The van der Waals surface area contributed by atoms with Crippen molar-refractivity contribution in [2.45, 2.75) is 56.0 Å². The maximum Gasteiger partial charge on any atom is 0.244 e. The lowest BCUT2D eigenvalue weighted by Crippen LogP contribution is -2.30. The first-order valence-corrected chi connectivity index (χ1v) is 10.1. The Morgan fingerprint density at radius 1 is 1.08 bits per heavy atom. The lowest BCUT2D eigenvalue weighted by molar-refractivity contribution is -0.128. The first-order chi connectivity index (χ1) is 11.3. The second kappa shape index (κ2) is 6.48. The van der Waals surface area contributed by atoms with Gasteiger partial charge >= 0.3 is 0 Å². The molecule has 1 heterocycles. The predicted octanol–water partition coefficient (Wildman–Crippen LogP) is 2.41. The van der Waals surface area contributed by atoms with Gasteiger partial charge in [0.25, 0.3) is 0 Å². The van der Waals surface area contributed by atoms with Crippen LogP contribution in [0.2, 0.25) is 0 Å². The zero-order chi connectivity index (χ0) is 17.5. The van der Waals surface area contributed by atoms with Crippen LogP contribution in [0.3, 0.4) is 0 Å². The summed E-state index contributed by atoms with van der Waals surface area (Å²) in [5, 5.41) is 0. The third-order valence-corrected chi connectivity index (χ3v) is 7.12. The number of nitrogens with zero attached hydrogens (tertiary/aromatic N) is 2. The molecule has 1 aliphatic carbocycles. The Labute approximate surface area is 144 Å². The van der Waals surface area contributed by atoms with Crippen LogP contribution in [0.4, 0.5) is 0 Å². The third kappa shape index (κ3) is 3.09. The van der Waals surface area contributed by atoms with E-state index in [1.54, 1.807) is 38.4 Å². The quantitative estimate of drug-likeness (QED) is 0.784. The fraction of sp³-hybridized carbons (Fsp3) is 0.611. The smallest absolute Gasteiger partial charge is 0.244 e. The van der Waals surface area contributed by atoms with Crippen LogP contribution in [-0.2, 0) is 14.8 Å². The molecule has 2 aliphatic rings. The van der Waals surface area contributed by atoms with E-state index in [4.69, 9.17) is 0 Å². The molecule has 1 saturated heterocycles. The Kier molecular flexibility index (Phi) is 4.71. The SMILES string of the molecule is Cc1ccc(S(=O)(=O)N2[C@H](C(=O)N(C)C)[C@@H]2C2CCCCC2)cc1. The minimum Gasteiger partial charge on any atom is -0.347 e. The molecule has 24 heavy (non-hydrogen) atoms. The summed E-state index contributed by atoms with van der Waals surface area (Å²) in [4.78, 5) is 14.3. The Bertz CT molecular complexity index is 706. The van der Waals surface area contributed by atoms with Crippen molar-refractivity contribution in [3.05, 3.63) is 29.8 Å². The van der Waals surface area contributed by atoms with Crippen molar-refractivity contribution in [3.8, 4) is 0 Å². The van der Waals surface area contributed by atoms with Crippen LogP contribution in [0.15, 0.2) is 29.2 Å². The van der Waals surface area contributed by atoms with E-state index < -0.39 is 16.1 Å². The minimum atomic E-state index is -3.62. The molecule has 3 atom stereocenters. The van der Waals surface area contributed by atoms with Crippen molar-refractivity contribution in [3.63, 3.8) is 0 Å². The number of hydrogen-bond donors (Lipinski definition) is 0. The number of benzene rings is 1. The first kappa shape index (κ1) is 17.4. The van der Waals surface area contributed by atoms with Gasteiger partial charge in [0.05, 0.1) is 10.9 Å². The van der Waals surface area contributed by atoms with Gasteiger partial charge in [-0.2, -0.15) is 4.31 Å². The number of carbonyl (C=O) groups is 1. The molecule has 1 aliphatic heterocycles. The highest BCUT2D eigenvalue weighted by Gasteiger charge is 2.62. The highest BCUT2D eigenvalue weighted by Crippen LogP contribution is 2.45. The van der Waals surface area contributed by atoms with E-state index in [9.17, 15) is 13.2 Å². The maximum absolute atomic E-state index is 13.1. The van der Waals surface area contributed by atoms with Crippen molar-refractivity contribution < 1.29 is 13.2 Å². The topological polar surface area (TPSA) is 57.5 Å². The summed E-state index contributed by atoms with van der Waals surface area (Å²) >= 11 is 0. The summed E-state index contributed by atoms with van der Waals surface area (Å²) in [6.45, 7) is 1.93. The molecule has 3 rings (SSSR count). The molecule has 0 spiro atoms. The van der Waals surface area contributed by atoms with Gasteiger partial charge in [0, 0.05) is 14.1 Å². The van der Waals surface area contributed by atoms with Gasteiger partial charge in [-0.3, -0.25) is 4.79 Å². The molecular formula is C18H26N2O3S. The minimum absolute atomic E-state index is 0.110. The Balaban J connectivity index is 1.90. The van der Waals surface area contributed by atoms with Gasteiger partial charge in [0.1, 0.15) is 6.04 Å². The standard InChI is InChI=1S/C18H26N2O3S/c1-13-9-11-15(12-10-13)24(22,23)20-16(14-7-5-4-6-8-14)17(20)18(21)19(2)3/h9-12,14,16-17H,4-8H2,1-3H3/t16-,17-,20?/m0/s1. The molecule has 1 aromatic rings. The average molecular weight is 350 g/mol. The molecular weight excluding hydrogens is 324 g/mol. The van der Waals surface area contributed by atoms with Gasteiger partial charge in [0.15, 0.2) is 0 Å². The highest BCUT2D eigenvalue weighted by molar-refractivity contribution is 7.89. The lowest BCUT2D eigenvalue weighted by atomic mass is 9.85. The maximum atomic E-state index is 13.1. The molecule has 1 saturated carbocycles. The zero-order valence-corrected chi connectivity index (χ0v) is 15.4. The van der Waals surface area contributed by atoms with E-state index in [2.05, 4.69) is 0 Å². The van der Waals surface area contributed by atoms with Crippen molar-refractivity contribution in [1.82, 2.24) is 9.21 Å². The molecule has 6 heteroatoms. The second-order valence-corrected chi connectivity index (χ2v) is 9.06. The fourth-order valence-electron chi connectivity index (χ4n) is 3.83. The molecule has 1 amide bonds. The number of aryl methyl sites for hydroxylation is 1. The number of rotatable bonds is 4. The summed E-state index contributed by atoms with van der Waals surface area (Å²) in [6.07, 6.45) is 5.49. The third-order valence-electron chi connectivity index (χ3n) is 5.22. The Morgan fingerprint density at radius 2 is 1.67 bits per heavy atom. The van der Waals surface area contributed by atoms with E-state index in [-0.39, 0.29) is 16.8 Å². The van der Waals surface area contributed by atoms with Gasteiger partial charge < -0.3 is 4.90 Å². The van der Waals surface area contributed by atoms with Crippen LogP contribution >= 0.6 is 0 Å². The lowest BCUT2D eigenvalue weighted by Gasteiger charge is -2.21. The fourth-order valence-corrected chi connectivity index (χ4v) is 5.62. The van der Waals surface area contributed by atoms with E-state index in [1.807, 2.05) is 6.92 Å². The predicted molar refractivity (Wildman–Crippen MR) is 93.0 cm³/mol. The second-order valence-electron chi connectivity index (χ2n) is 7.21. The van der Waals surface area contributed by atoms with E-state index >= 15 is 0 Å². The molecule has 0 radical (unpaired) electrons. The molecule has 5 nitrogen and oxygen atoms in total. The number of carbonyl (C=O) groups excluding carboxylic acids is 1. The highest BCUT2D eigenvalue weighted by atomic mass is 32.2. The number of hydrogen-bond acceptors (Lipinski definition) is 3. The van der Waals surface area contributed by atoms with Gasteiger partial charge in [-0.05, 0) is 37.8 Å². The Morgan fingerprint density at radius 3 is 2.21 bits per heavy atom. The number of likely N-dealkylation sites (N-methyl/N-ethyl adjacent to an activating group) is 1. The van der Waals surface area contributed by atoms with Gasteiger partial charge in [-0.1, -0.05) is 37.0 Å². The molecule has 0 aromatic heterocycles. The van der Waals surface area contributed by atoms with Crippen LogP contribution < -0.4 is 0 Å². The van der Waals surface area contributed by atoms with Crippen LogP contribution in [0, 0.1) is 12.8 Å². The van der Waals surface area contributed by atoms with Gasteiger partial charge in [-0.25, -0.2) is 8.42 Å². The number of amides is 1. The Hall–Kier alpha value is -1.40. The van der Waals surface area contributed by atoms with Crippen molar-refractivity contribution in [1.29, 1.82) is 0 Å². The van der Waals surface area contributed by atoms with Crippen LogP contribution in [0.25, 0.3) is 0 Å². The molecule has 0 bridgehead atoms. The monoisotopic (exact) mass is 350 g/mol. The zero-order valence-electron chi connectivity index (χ0n) is 14.6. The first-order valence-electron chi connectivity index (χ1n) is 8.65. The molecule has 1 unspecified atom stereocenters. The average Bonchev–Trinajstić information content (AvgIpc) is 3.31. The summed E-state index contributed by atoms with van der Waals surface area (Å²) < 4.78 is 27.6. The van der Waals surface area contributed by atoms with Gasteiger partial charge in [0.2, 0.25) is 15.9 Å². The summed E-state index contributed by atoms with van der Waals surface area (Å²) in [5.74, 6) is 0.189. The van der Waals surface area contributed by atoms with Crippen molar-refractivity contribution >= 4 is 15.9 Å². The largest absolute Gasteiger partial charge is 0.347 e. The summed E-state index contributed by atoms with van der Waals surface area (Å²) in [6, 6.07) is 6.17. The van der Waals surface area contributed by atoms with Crippen molar-refractivity contribution in [2.24, 2.45) is 5.92 Å². The van der Waals surface area contributed by atoms with Gasteiger partial charge in [-0.15, -0.1) is 0 Å².